The van der Waals surface area contributed by atoms with Crippen LogP contribution in [0.3, 0.4) is 0 Å². The van der Waals surface area contributed by atoms with Crippen molar-refractivity contribution in [3.63, 3.8) is 0 Å². The Morgan fingerprint density at radius 3 is 3.06 bits per heavy atom. The number of carbonyl (C=O) groups is 1. The van der Waals surface area contributed by atoms with E-state index in [1.165, 1.54) is 0 Å². The summed E-state index contributed by atoms with van der Waals surface area (Å²) in [7, 11) is 0. The van der Waals surface area contributed by atoms with Gasteiger partial charge in [0.2, 0.25) is 0 Å². The summed E-state index contributed by atoms with van der Waals surface area (Å²) >= 11 is 0. The van der Waals surface area contributed by atoms with Gasteiger partial charge in [-0.3, -0.25) is 4.79 Å². The van der Waals surface area contributed by atoms with E-state index in [0.29, 0.717) is 5.92 Å². The molecule has 16 heavy (non-hydrogen) atoms. The van der Waals surface area contributed by atoms with Crippen LogP contribution in [0.2, 0.25) is 0 Å². The van der Waals surface area contributed by atoms with Crippen LogP contribution >= 0.6 is 0 Å². The maximum Gasteiger partial charge on any atom is 0.309 e. The zero-order valence-electron chi connectivity index (χ0n) is 9.91. The smallest absolute Gasteiger partial charge is 0.309 e. The SMILES string of the molecule is CCCOC12CC3CC(C1)OC(=O)C(C3)C2. The molecular formula is C13H20O3. The largest absolute Gasteiger partial charge is 0.462 e. The third-order valence-corrected chi connectivity index (χ3v) is 4.32. The van der Waals surface area contributed by atoms with Crippen molar-refractivity contribution in [2.24, 2.45) is 11.8 Å². The molecule has 4 bridgehead atoms. The molecule has 0 amide bonds. The molecule has 3 nitrogen and oxygen atoms in total. The first-order valence-electron chi connectivity index (χ1n) is 6.55. The monoisotopic (exact) mass is 224 g/mol. The maximum absolute atomic E-state index is 11.8. The summed E-state index contributed by atoms with van der Waals surface area (Å²) in [5.41, 5.74) is -0.0291. The van der Waals surface area contributed by atoms with Crippen LogP contribution in [0.5, 0.6) is 0 Å². The Kier molecular flexibility index (Phi) is 2.46. The third kappa shape index (κ3) is 1.65. The third-order valence-electron chi connectivity index (χ3n) is 4.32. The standard InChI is InChI=1S/C13H20O3/c1-2-3-15-13-6-9-4-10(7-13)12(14)16-11(5-9)8-13/h9-11H,2-8H2,1H3. The van der Waals surface area contributed by atoms with E-state index in [0.717, 1.165) is 45.1 Å². The van der Waals surface area contributed by atoms with Crippen LogP contribution in [0.1, 0.15) is 45.4 Å². The van der Waals surface area contributed by atoms with Gasteiger partial charge in [0.15, 0.2) is 0 Å². The lowest BCUT2D eigenvalue weighted by Gasteiger charge is -2.46. The van der Waals surface area contributed by atoms with Gasteiger partial charge in [0.25, 0.3) is 0 Å². The molecule has 4 fully saturated rings. The summed E-state index contributed by atoms with van der Waals surface area (Å²) in [6.45, 7) is 2.95. The zero-order chi connectivity index (χ0) is 11.2. The van der Waals surface area contributed by atoms with Crippen LogP contribution in [0, 0.1) is 11.8 Å². The molecular weight excluding hydrogens is 204 g/mol. The first-order chi connectivity index (χ1) is 7.71. The molecule has 0 radical (unpaired) electrons. The molecule has 2 saturated heterocycles. The molecule has 2 aliphatic heterocycles. The lowest BCUT2D eigenvalue weighted by molar-refractivity contribution is -0.151. The van der Waals surface area contributed by atoms with E-state index in [4.69, 9.17) is 9.47 Å². The second-order valence-electron chi connectivity index (χ2n) is 5.74. The van der Waals surface area contributed by atoms with E-state index < -0.39 is 0 Å². The highest BCUT2D eigenvalue weighted by molar-refractivity contribution is 5.73. The van der Waals surface area contributed by atoms with Gasteiger partial charge in [-0.15, -0.1) is 0 Å². The number of esters is 1. The molecule has 2 aliphatic carbocycles. The predicted molar refractivity (Wildman–Crippen MR) is 58.9 cm³/mol. The minimum atomic E-state index is -0.0291. The Morgan fingerprint density at radius 1 is 1.38 bits per heavy atom. The van der Waals surface area contributed by atoms with Gasteiger partial charge in [-0.25, -0.2) is 0 Å². The van der Waals surface area contributed by atoms with Gasteiger partial charge in [0, 0.05) is 13.0 Å². The first kappa shape index (κ1) is 10.6. The van der Waals surface area contributed by atoms with E-state index in [2.05, 4.69) is 6.92 Å². The molecule has 2 heterocycles. The fourth-order valence-corrected chi connectivity index (χ4v) is 3.87. The summed E-state index contributed by atoms with van der Waals surface area (Å²) in [5, 5.41) is 0. The average Bonchev–Trinajstić information content (AvgIpc) is 2.39. The second kappa shape index (κ2) is 3.73. The van der Waals surface area contributed by atoms with Crippen LogP contribution in [0.25, 0.3) is 0 Å². The van der Waals surface area contributed by atoms with Crippen LogP contribution in [0.4, 0.5) is 0 Å². The lowest BCUT2D eigenvalue weighted by Crippen LogP contribution is -2.47. The fraction of sp³-hybridized carbons (Fsp3) is 0.923. The zero-order valence-corrected chi connectivity index (χ0v) is 9.91. The number of fused-ring (bicyclic) bond motifs is 1. The van der Waals surface area contributed by atoms with Crippen LogP contribution in [-0.4, -0.2) is 24.3 Å². The maximum atomic E-state index is 11.8. The van der Waals surface area contributed by atoms with Gasteiger partial charge in [-0.05, 0) is 38.0 Å². The highest BCUT2D eigenvalue weighted by atomic mass is 16.6. The summed E-state index contributed by atoms with van der Waals surface area (Å²) in [6, 6.07) is 0. The summed E-state index contributed by atoms with van der Waals surface area (Å²) < 4.78 is 11.6. The molecule has 2 saturated carbocycles. The minimum absolute atomic E-state index is 0.0291. The molecule has 4 atom stereocenters. The summed E-state index contributed by atoms with van der Waals surface area (Å²) in [6.07, 6.45) is 6.28. The van der Waals surface area contributed by atoms with Crippen molar-refractivity contribution in [2.45, 2.75) is 57.2 Å². The molecule has 4 rings (SSSR count). The number of carbonyl (C=O) groups excluding carboxylic acids is 1. The Morgan fingerprint density at radius 2 is 2.25 bits per heavy atom. The molecule has 90 valence electrons. The number of hydrogen-bond acceptors (Lipinski definition) is 3. The molecule has 0 N–H and O–H groups in total. The Balaban J connectivity index is 1.83. The Bertz CT molecular complexity index is 302. The molecule has 0 aromatic rings. The van der Waals surface area contributed by atoms with Crippen molar-refractivity contribution in [3.8, 4) is 0 Å². The topological polar surface area (TPSA) is 35.5 Å². The van der Waals surface area contributed by atoms with Crippen molar-refractivity contribution in [1.29, 1.82) is 0 Å². The van der Waals surface area contributed by atoms with Gasteiger partial charge >= 0.3 is 5.97 Å². The van der Waals surface area contributed by atoms with Crippen LogP contribution in [-0.2, 0) is 14.3 Å². The molecule has 0 aromatic heterocycles. The van der Waals surface area contributed by atoms with Gasteiger partial charge in [-0.2, -0.15) is 0 Å². The molecule has 4 aliphatic rings. The molecule has 4 unspecified atom stereocenters. The second-order valence-corrected chi connectivity index (χ2v) is 5.74. The van der Waals surface area contributed by atoms with Crippen molar-refractivity contribution in [2.75, 3.05) is 6.61 Å². The minimum Gasteiger partial charge on any atom is -0.462 e. The fourth-order valence-electron chi connectivity index (χ4n) is 3.87. The summed E-state index contributed by atoms with van der Waals surface area (Å²) in [4.78, 5) is 11.8. The van der Waals surface area contributed by atoms with E-state index >= 15 is 0 Å². The van der Waals surface area contributed by atoms with Gasteiger partial charge < -0.3 is 9.47 Å². The Hall–Kier alpha value is -0.570. The highest BCUT2D eigenvalue weighted by Crippen LogP contribution is 2.51. The number of rotatable bonds is 3. The van der Waals surface area contributed by atoms with Gasteiger partial charge in [0.1, 0.15) is 6.10 Å². The quantitative estimate of drug-likeness (QED) is 0.690. The van der Waals surface area contributed by atoms with E-state index in [1.54, 1.807) is 0 Å². The normalized spacial score (nSPS) is 45.6. The number of ether oxygens (including phenoxy) is 2. The van der Waals surface area contributed by atoms with Gasteiger partial charge in [-0.1, -0.05) is 6.92 Å². The van der Waals surface area contributed by atoms with Crippen LogP contribution in [0.15, 0.2) is 0 Å². The van der Waals surface area contributed by atoms with E-state index in [9.17, 15) is 4.79 Å². The lowest BCUT2D eigenvalue weighted by atomic mass is 9.65. The van der Waals surface area contributed by atoms with Crippen molar-refractivity contribution >= 4 is 5.97 Å². The van der Waals surface area contributed by atoms with E-state index in [1.807, 2.05) is 0 Å². The summed E-state index contributed by atoms with van der Waals surface area (Å²) in [5.74, 6) is 0.804. The molecule has 0 aromatic carbocycles. The molecule has 3 heteroatoms. The van der Waals surface area contributed by atoms with Crippen LogP contribution < -0.4 is 0 Å². The first-order valence-corrected chi connectivity index (χ1v) is 6.55. The average molecular weight is 224 g/mol. The Labute approximate surface area is 96.5 Å². The van der Waals surface area contributed by atoms with Crippen molar-refractivity contribution in [1.82, 2.24) is 0 Å². The molecule has 0 spiro atoms. The number of hydrogen-bond donors (Lipinski definition) is 0. The van der Waals surface area contributed by atoms with E-state index in [-0.39, 0.29) is 23.6 Å². The predicted octanol–water partition coefficient (Wildman–Crippen LogP) is 2.29. The van der Waals surface area contributed by atoms with Gasteiger partial charge in [0.05, 0.1) is 11.5 Å². The van der Waals surface area contributed by atoms with Crippen molar-refractivity contribution in [3.05, 3.63) is 0 Å². The van der Waals surface area contributed by atoms with Crippen molar-refractivity contribution < 1.29 is 14.3 Å². The highest BCUT2D eigenvalue weighted by Gasteiger charge is 2.53.